The average molecular weight is 313 g/mol. The molecule has 5 heteroatoms. The van der Waals surface area contributed by atoms with Crippen LogP contribution >= 0.6 is 0 Å². The number of hydrogen-bond donors (Lipinski definition) is 1. The smallest absolute Gasteiger partial charge is 0.338 e. The van der Waals surface area contributed by atoms with Crippen LogP contribution in [-0.4, -0.2) is 25.1 Å². The van der Waals surface area contributed by atoms with Crippen molar-refractivity contribution < 1.29 is 19.1 Å². The highest BCUT2D eigenvalue weighted by Gasteiger charge is 2.07. The summed E-state index contributed by atoms with van der Waals surface area (Å²) in [5, 5.41) is 2.71. The van der Waals surface area contributed by atoms with Crippen LogP contribution in [0.4, 0.5) is 5.69 Å². The van der Waals surface area contributed by atoms with Gasteiger partial charge in [-0.1, -0.05) is 12.1 Å². The summed E-state index contributed by atoms with van der Waals surface area (Å²) in [6.45, 7) is 3.95. The van der Waals surface area contributed by atoms with E-state index in [1.807, 2.05) is 25.1 Å². The summed E-state index contributed by atoms with van der Waals surface area (Å²) in [7, 11) is 0. The molecule has 0 aromatic heterocycles. The molecule has 1 amide bonds. The molecule has 1 N–H and O–H groups in total. The van der Waals surface area contributed by atoms with Gasteiger partial charge in [0.25, 0.3) is 5.91 Å². The van der Waals surface area contributed by atoms with Gasteiger partial charge in [-0.25, -0.2) is 4.79 Å². The van der Waals surface area contributed by atoms with Gasteiger partial charge in [-0.15, -0.1) is 0 Å². The Morgan fingerprint density at radius 1 is 1.09 bits per heavy atom. The Kier molecular flexibility index (Phi) is 5.74. The highest BCUT2D eigenvalue weighted by Crippen LogP contribution is 2.13. The number of rotatable bonds is 6. The van der Waals surface area contributed by atoms with Crippen LogP contribution in [0.2, 0.25) is 0 Å². The molecule has 5 nitrogen and oxygen atoms in total. The van der Waals surface area contributed by atoms with Gasteiger partial charge in [0.2, 0.25) is 0 Å². The van der Waals surface area contributed by atoms with Gasteiger partial charge in [-0.2, -0.15) is 0 Å². The first-order chi connectivity index (χ1) is 11.1. The van der Waals surface area contributed by atoms with Gasteiger partial charge in [-0.05, 0) is 55.8 Å². The van der Waals surface area contributed by atoms with Crippen molar-refractivity contribution in [2.24, 2.45) is 0 Å². The zero-order valence-electron chi connectivity index (χ0n) is 13.2. The molecular formula is C18H19NO4. The normalized spacial score (nSPS) is 10.0. The van der Waals surface area contributed by atoms with Crippen LogP contribution in [-0.2, 0) is 9.53 Å². The van der Waals surface area contributed by atoms with E-state index in [1.165, 1.54) is 0 Å². The Morgan fingerprint density at radius 2 is 1.83 bits per heavy atom. The molecule has 0 saturated carbocycles. The summed E-state index contributed by atoms with van der Waals surface area (Å²) < 4.78 is 10.3. The molecule has 0 saturated heterocycles. The van der Waals surface area contributed by atoms with Crippen LogP contribution in [0.5, 0.6) is 5.75 Å². The van der Waals surface area contributed by atoms with E-state index in [-0.39, 0.29) is 18.5 Å². The molecule has 23 heavy (non-hydrogen) atoms. The average Bonchev–Trinajstić information content (AvgIpc) is 2.54. The Labute approximate surface area is 135 Å². The first-order valence-corrected chi connectivity index (χ1v) is 7.35. The van der Waals surface area contributed by atoms with Gasteiger partial charge >= 0.3 is 5.97 Å². The predicted octanol–water partition coefficient (Wildman–Crippen LogP) is 3.19. The minimum absolute atomic E-state index is 0.0803. The minimum atomic E-state index is -0.381. The number of carbonyl (C=O) groups is 2. The molecule has 0 fully saturated rings. The van der Waals surface area contributed by atoms with Gasteiger partial charge in [0, 0.05) is 5.69 Å². The molecule has 0 aliphatic rings. The van der Waals surface area contributed by atoms with Gasteiger partial charge in [0.05, 0.1) is 12.2 Å². The van der Waals surface area contributed by atoms with Crippen molar-refractivity contribution in [1.29, 1.82) is 0 Å². The van der Waals surface area contributed by atoms with Gasteiger partial charge in [0.15, 0.2) is 6.61 Å². The second kappa shape index (κ2) is 7.98. The largest absolute Gasteiger partial charge is 0.484 e. The second-order valence-corrected chi connectivity index (χ2v) is 4.95. The van der Waals surface area contributed by atoms with E-state index >= 15 is 0 Å². The van der Waals surface area contributed by atoms with Crippen molar-refractivity contribution in [3.63, 3.8) is 0 Å². The summed E-state index contributed by atoms with van der Waals surface area (Å²) in [5.41, 5.74) is 2.11. The molecule has 0 aliphatic heterocycles. The lowest BCUT2D eigenvalue weighted by Crippen LogP contribution is -2.20. The van der Waals surface area contributed by atoms with Crippen LogP contribution in [0.1, 0.15) is 22.8 Å². The topological polar surface area (TPSA) is 64.6 Å². The maximum Gasteiger partial charge on any atom is 0.338 e. The number of ether oxygens (including phenoxy) is 2. The Balaban J connectivity index is 1.86. The third-order valence-corrected chi connectivity index (χ3v) is 3.04. The number of anilines is 1. The summed E-state index contributed by atoms with van der Waals surface area (Å²) in [5.74, 6) is 0.00126. The zero-order valence-corrected chi connectivity index (χ0v) is 13.2. The lowest BCUT2D eigenvalue weighted by atomic mass is 10.2. The lowest BCUT2D eigenvalue weighted by Gasteiger charge is -2.08. The van der Waals surface area contributed by atoms with Crippen LogP contribution < -0.4 is 10.1 Å². The number of aryl methyl sites for hydroxylation is 1. The van der Waals surface area contributed by atoms with Crippen LogP contribution in [0.15, 0.2) is 48.5 Å². The summed E-state index contributed by atoms with van der Waals surface area (Å²) in [4.78, 5) is 23.4. The summed E-state index contributed by atoms with van der Waals surface area (Å²) in [6.07, 6.45) is 0. The number of esters is 1. The van der Waals surface area contributed by atoms with Crippen molar-refractivity contribution >= 4 is 17.6 Å². The SMILES string of the molecule is CCOC(=O)c1ccc(NC(=O)COc2cccc(C)c2)cc1. The molecule has 2 aromatic carbocycles. The highest BCUT2D eigenvalue weighted by atomic mass is 16.5. The summed E-state index contributed by atoms with van der Waals surface area (Å²) >= 11 is 0. The first-order valence-electron chi connectivity index (χ1n) is 7.35. The molecule has 0 atom stereocenters. The van der Waals surface area contributed by atoms with E-state index in [0.717, 1.165) is 5.56 Å². The molecule has 0 heterocycles. The molecule has 2 rings (SSSR count). The van der Waals surface area contributed by atoms with E-state index in [0.29, 0.717) is 23.6 Å². The fourth-order valence-corrected chi connectivity index (χ4v) is 1.96. The third-order valence-electron chi connectivity index (χ3n) is 3.04. The predicted molar refractivity (Wildman–Crippen MR) is 87.7 cm³/mol. The fourth-order valence-electron chi connectivity index (χ4n) is 1.96. The summed E-state index contributed by atoms with van der Waals surface area (Å²) in [6, 6.07) is 14.0. The van der Waals surface area contributed by atoms with Crippen LogP contribution in [0.25, 0.3) is 0 Å². The highest BCUT2D eigenvalue weighted by molar-refractivity contribution is 5.93. The number of nitrogens with one attached hydrogen (secondary N) is 1. The van der Waals surface area contributed by atoms with Crippen molar-refractivity contribution in [3.05, 3.63) is 59.7 Å². The molecule has 0 spiro atoms. The number of hydrogen-bond acceptors (Lipinski definition) is 4. The zero-order chi connectivity index (χ0) is 16.7. The Morgan fingerprint density at radius 3 is 2.48 bits per heavy atom. The molecular weight excluding hydrogens is 294 g/mol. The minimum Gasteiger partial charge on any atom is -0.484 e. The van der Waals surface area contributed by atoms with E-state index in [2.05, 4.69) is 5.32 Å². The molecule has 0 unspecified atom stereocenters. The Bertz CT molecular complexity index is 680. The van der Waals surface area contributed by atoms with Crippen molar-refractivity contribution in [2.75, 3.05) is 18.5 Å². The fraction of sp³-hybridized carbons (Fsp3) is 0.222. The number of carbonyl (C=O) groups excluding carboxylic acids is 2. The van der Waals surface area contributed by atoms with Crippen molar-refractivity contribution in [2.45, 2.75) is 13.8 Å². The van der Waals surface area contributed by atoms with Gasteiger partial charge < -0.3 is 14.8 Å². The molecule has 0 radical (unpaired) electrons. The molecule has 0 bridgehead atoms. The van der Waals surface area contributed by atoms with Crippen LogP contribution in [0, 0.1) is 6.92 Å². The van der Waals surface area contributed by atoms with Crippen LogP contribution in [0.3, 0.4) is 0 Å². The molecule has 0 aliphatic carbocycles. The van der Waals surface area contributed by atoms with Gasteiger partial charge in [-0.3, -0.25) is 4.79 Å². The monoisotopic (exact) mass is 313 g/mol. The first kappa shape index (κ1) is 16.5. The van der Waals surface area contributed by atoms with Crippen molar-refractivity contribution in [1.82, 2.24) is 0 Å². The quantitative estimate of drug-likeness (QED) is 0.832. The maximum absolute atomic E-state index is 11.9. The van der Waals surface area contributed by atoms with Crippen molar-refractivity contribution in [3.8, 4) is 5.75 Å². The van der Waals surface area contributed by atoms with E-state index in [4.69, 9.17) is 9.47 Å². The lowest BCUT2D eigenvalue weighted by molar-refractivity contribution is -0.118. The Hall–Kier alpha value is -2.82. The molecule has 2 aromatic rings. The second-order valence-electron chi connectivity index (χ2n) is 4.95. The van der Waals surface area contributed by atoms with E-state index in [1.54, 1.807) is 37.3 Å². The van der Waals surface area contributed by atoms with Gasteiger partial charge in [0.1, 0.15) is 5.75 Å². The maximum atomic E-state index is 11.9. The standard InChI is InChI=1S/C18H19NO4/c1-3-22-18(21)14-7-9-15(10-8-14)19-17(20)12-23-16-6-4-5-13(2)11-16/h4-11H,3,12H2,1-2H3,(H,19,20). The number of amides is 1. The van der Waals surface area contributed by atoms with E-state index < -0.39 is 0 Å². The van der Waals surface area contributed by atoms with E-state index in [9.17, 15) is 9.59 Å². The molecule has 120 valence electrons. The number of benzene rings is 2. The third kappa shape index (κ3) is 5.14.